The highest BCUT2D eigenvalue weighted by molar-refractivity contribution is 8.18. The summed E-state index contributed by atoms with van der Waals surface area (Å²) in [6.07, 6.45) is 4.31. The molecule has 4 heteroatoms. The Kier molecular flexibility index (Phi) is 4.15. The van der Waals surface area contributed by atoms with Crippen LogP contribution in [0, 0.1) is 12.8 Å². The number of likely N-dealkylation sites (tertiary alicyclic amines) is 1. The molecule has 1 saturated heterocycles. The third-order valence-electron chi connectivity index (χ3n) is 4.04. The first-order valence-electron chi connectivity index (χ1n) is 7.46. The third kappa shape index (κ3) is 3.38. The number of amidine groups is 1. The van der Waals surface area contributed by atoms with E-state index in [1.54, 1.807) is 0 Å². The number of carbonyl (C=O) groups is 1. The molecule has 1 amide bonds. The zero-order valence-corrected chi connectivity index (χ0v) is 13.3. The van der Waals surface area contributed by atoms with E-state index in [4.69, 9.17) is 0 Å². The number of nitrogens with zero attached hydrogens (tertiary/aromatic N) is 2. The monoisotopic (exact) mass is 300 g/mol. The minimum absolute atomic E-state index is 0.103. The summed E-state index contributed by atoms with van der Waals surface area (Å²) in [5.74, 6) is 0.681. The summed E-state index contributed by atoms with van der Waals surface area (Å²) in [7, 11) is 0. The van der Waals surface area contributed by atoms with Gasteiger partial charge in [0.15, 0.2) is 5.17 Å². The van der Waals surface area contributed by atoms with E-state index < -0.39 is 0 Å². The zero-order valence-electron chi connectivity index (χ0n) is 12.5. The summed E-state index contributed by atoms with van der Waals surface area (Å²) >= 11 is 1.51. The van der Waals surface area contributed by atoms with Crippen LogP contribution in [0.4, 0.5) is 0 Å². The number of aliphatic imine (C=N–C) groups is 1. The quantitative estimate of drug-likeness (QED) is 0.741. The van der Waals surface area contributed by atoms with Crippen LogP contribution >= 0.6 is 11.8 Å². The Labute approximate surface area is 130 Å². The minimum atomic E-state index is -0.103. The number of hydrogen-bond acceptors (Lipinski definition) is 3. The van der Waals surface area contributed by atoms with Crippen LogP contribution in [0.15, 0.2) is 34.2 Å². The first-order chi connectivity index (χ1) is 10.1. The fraction of sp³-hybridized carbons (Fsp3) is 0.412. The number of rotatable bonds is 1. The second kappa shape index (κ2) is 6.06. The topological polar surface area (TPSA) is 32.7 Å². The summed E-state index contributed by atoms with van der Waals surface area (Å²) in [6, 6.07) is 8.20. The van der Waals surface area contributed by atoms with Gasteiger partial charge in [-0.25, -0.2) is 0 Å². The fourth-order valence-corrected chi connectivity index (χ4v) is 3.51. The zero-order chi connectivity index (χ0) is 14.8. The molecule has 0 aliphatic carbocycles. The van der Waals surface area contributed by atoms with Gasteiger partial charge in [0, 0.05) is 13.1 Å². The predicted octanol–water partition coefficient (Wildman–Crippen LogP) is 3.70. The SMILES string of the molecule is Cc1ccc(C=C2SC(N3CCC(C)CC3)=NC2=O)cc1. The van der Waals surface area contributed by atoms with Crippen molar-refractivity contribution in [2.24, 2.45) is 10.9 Å². The lowest BCUT2D eigenvalue weighted by Crippen LogP contribution is -2.35. The summed E-state index contributed by atoms with van der Waals surface area (Å²) in [6.45, 7) is 6.37. The van der Waals surface area contributed by atoms with Gasteiger partial charge in [-0.05, 0) is 49.1 Å². The van der Waals surface area contributed by atoms with E-state index in [-0.39, 0.29) is 5.91 Å². The lowest BCUT2D eigenvalue weighted by atomic mass is 10.00. The Hall–Kier alpha value is -1.55. The molecule has 1 fully saturated rings. The molecule has 1 aromatic rings. The van der Waals surface area contributed by atoms with Crippen molar-refractivity contribution in [2.75, 3.05) is 13.1 Å². The second-order valence-electron chi connectivity index (χ2n) is 5.89. The van der Waals surface area contributed by atoms with Gasteiger partial charge in [0.05, 0.1) is 4.91 Å². The van der Waals surface area contributed by atoms with Gasteiger partial charge in [0.2, 0.25) is 0 Å². The molecule has 0 atom stereocenters. The average Bonchev–Trinajstić information content (AvgIpc) is 2.83. The van der Waals surface area contributed by atoms with E-state index >= 15 is 0 Å². The number of aryl methyl sites for hydroxylation is 1. The Morgan fingerprint density at radius 2 is 1.90 bits per heavy atom. The molecule has 21 heavy (non-hydrogen) atoms. The number of thioether (sulfide) groups is 1. The van der Waals surface area contributed by atoms with Crippen LogP contribution in [0.25, 0.3) is 6.08 Å². The molecule has 0 saturated carbocycles. The number of benzene rings is 1. The molecular weight excluding hydrogens is 280 g/mol. The number of piperidine rings is 1. The predicted molar refractivity (Wildman–Crippen MR) is 89.2 cm³/mol. The van der Waals surface area contributed by atoms with Crippen LogP contribution in [-0.4, -0.2) is 29.1 Å². The average molecular weight is 300 g/mol. The molecule has 0 N–H and O–H groups in total. The van der Waals surface area contributed by atoms with Crippen LogP contribution in [0.1, 0.15) is 30.9 Å². The Morgan fingerprint density at radius 1 is 1.24 bits per heavy atom. The van der Waals surface area contributed by atoms with E-state index in [0.29, 0.717) is 0 Å². The summed E-state index contributed by atoms with van der Waals surface area (Å²) in [5.41, 5.74) is 2.28. The van der Waals surface area contributed by atoms with E-state index in [1.165, 1.54) is 30.2 Å². The van der Waals surface area contributed by atoms with Gasteiger partial charge in [0.25, 0.3) is 5.91 Å². The number of amides is 1. The molecular formula is C17H20N2OS. The number of carbonyl (C=O) groups excluding carboxylic acids is 1. The Bertz CT molecular complexity index is 596. The van der Waals surface area contributed by atoms with Crippen molar-refractivity contribution in [1.82, 2.24) is 4.90 Å². The first-order valence-corrected chi connectivity index (χ1v) is 8.27. The summed E-state index contributed by atoms with van der Waals surface area (Å²) in [4.78, 5) is 19.3. The van der Waals surface area contributed by atoms with Crippen molar-refractivity contribution in [2.45, 2.75) is 26.7 Å². The van der Waals surface area contributed by atoms with E-state index in [0.717, 1.165) is 34.6 Å². The van der Waals surface area contributed by atoms with Crippen molar-refractivity contribution in [3.05, 3.63) is 40.3 Å². The molecule has 3 nitrogen and oxygen atoms in total. The molecule has 2 aliphatic rings. The maximum Gasteiger partial charge on any atom is 0.286 e. The Balaban J connectivity index is 1.71. The molecule has 0 bridgehead atoms. The smallest absolute Gasteiger partial charge is 0.286 e. The van der Waals surface area contributed by atoms with Crippen molar-refractivity contribution in [3.8, 4) is 0 Å². The normalized spacial score (nSPS) is 22.0. The summed E-state index contributed by atoms with van der Waals surface area (Å²) < 4.78 is 0. The van der Waals surface area contributed by atoms with Gasteiger partial charge in [-0.1, -0.05) is 36.8 Å². The molecule has 1 aromatic carbocycles. The number of hydrogen-bond donors (Lipinski definition) is 0. The van der Waals surface area contributed by atoms with Crippen molar-refractivity contribution < 1.29 is 4.79 Å². The molecule has 0 spiro atoms. The summed E-state index contributed by atoms with van der Waals surface area (Å²) in [5, 5.41) is 0.880. The molecule has 0 unspecified atom stereocenters. The van der Waals surface area contributed by atoms with Crippen molar-refractivity contribution in [1.29, 1.82) is 0 Å². The van der Waals surface area contributed by atoms with Crippen LogP contribution in [0.5, 0.6) is 0 Å². The molecule has 0 aromatic heterocycles. The maximum absolute atomic E-state index is 12.1. The fourth-order valence-electron chi connectivity index (χ4n) is 2.55. The third-order valence-corrected chi connectivity index (χ3v) is 5.08. The van der Waals surface area contributed by atoms with Crippen molar-refractivity contribution in [3.63, 3.8) is 0 Å². The van der Waals surface area contributed by atoms with Gasteiger partial charge >= 0.3 is 0 Å². The van der Waals surface area contributed by atoms with Gasteiger partial charge < -0.3 is 4.90 Å². The van der Waals surface area contributed by atoms with E-state index in [2.05, 4.69) is 35.9 Å². The highest BCUT2D eigenvalue weighted by Crippen LogP contribution is 2.32. The van der Waals surface area contributed by atoms with E-state index in [1.807, 2.05) is 18.2 Å². The molecule has 2 aliphatic heterocycles. The maximum atomic E-state index is 12.1. The molecule has 3 rings (SSSR count). The van der Waals surface area contributed by atoms with Gasteiger partial charge in [0.1, 0.15) is 0 Å². The standard InChI is InChI=1S/C17H20N2OS/c1-12-3-5-14(6-4-12)11-15-16(20)18-17(21-15)19-9-7-13(2)8-10-19/h3-6,11,13H,7-10H2,1-2H3. The van der Waals surface area contributed by atoms with Crippen LogP contribution in [0.3, 0.4) is 0 Å². The van der Waals surface area contributed by atoms with Crippen molar-refractivity contribution >= 4 is 28.9 Å². The largest absolute Gasteiger partial charge is 0.351 e. The highest BCUT2D eigenvalue weighted by Gasteiger charge is 2.28. The first kappa shape index (κ1) is 14.4. The van der Waals surface area contributed by atoms with Gasteiger partial charge in [-0.15, -0.1) is 0 Å². The highest BCUT2D eigenvalue weighted by atomic mass is 32.2. The Morgan fingerprint density at radius 3 is 2.57 bits per heavy atom. The second-order valence-corrected chi connectivity index (χ2v) is 6.90. The minimum Gasteiger partial charge on any atom is -0.351 e. The van der Waals surface area contributed by atoms with E-state index in [9.17, 15) is 4.79 Å². The van der Waals surface area contributed by atoms with Gasteiger partial charge in [-0.3, -0.25) is 4.79 Å². The lowest BCUT2D eigenvalue weighted by Gasteiger charge is -2.30. The van der Waals surface area contributed by atoms with Crippen LogP contribution < -0.4 is 0 Å². The van der Waals surface area contributed by atoms with Gasteiger partial charge in [-0.2, -0.15) is 4.99 Å². The molecule has 0 radical (unpaired) electrons. The van der Waals surface area contributed by atoms with Crippen LogP contribution in [-0.2, 0) is 4.79 Å². The molecule has 2 heterocycles. The molecule has 110 valence electrons. The van der Waals surface area contributed by atoms with Crippen LogP contribution in [0.2, 0.25) is 0 Å². The lowest BCUT2D eigenvalue weighted by molar-refractivity contribution is -0.113.